The summed E-state index contributed by atoms with van der Waals surface area (Å²) in [5.74, 6) is 1.01. The number of hydrogen-bond acceptors (Lipinski definition) is 3. The number of anilines is 1. The van der Waals surface area contributed by atoms with Crippen molar-refractivity contribution in [3.05, 3.63) is 121 Å². The standard InChI is InChI=1S/C34H35N3O2.BrH/c1-2-26-22-37(23-33(38)36-28-13-7-4-8-14-28)20-18-27(26)21-32(37)34(39-24-25-11-5-3-6-12-25)30-17-19-35-31-16-10-9-15-29(30)31;/h2-17,19,26-27,32,34H,1,18,20-24H2;1H/t26-,27-,32+,34-,37-;/m0./s1. The van der Waals surface area contributed by atoms with E-state index >= 15 is 0 Å². The lowest BCUT2D eigenvalue weighted by molar-refractivity contribution is -0.966. The van der Waals surface area contributed by atoms with E-state index in [1.165, 1.54) is 0 Å². The highest BCUT2D eigenvalue weighted by Crippen LogP contribution is 2.48. The van der Waals surface area contributed by atoms with E-state index in [4.69, 9.17) is 4.74 Å². The SMILES string of the molecule is C=C[C@H]1C[N@+]2(CC(=O)Nc3ccccc3)CC[C@H]1C[C@@H]2[C@@H](OCc1ccccc1)c1ccnc2ccccc12.[Br-]. The largest absolute Gasteiger partial charge is 1.00 e. The van der Waals surface area contributed by atoms with Gasteiger partial charge in [-0.3, -0.25) is 9.78 Å². The molecule has 4 heterocycles. The van der Waals surface area contributed by atoms with Crippen LogP contribution in [0.4, 0.5) is 5.69 Å². The van der Waals surface area contributed by atoms with Crippen LogP contribution in [0.15, 0.2) is 110 Å². The lowest BCUT2D eigenvalue weighted by Gasteiger charge is -2.58. The molecular formula is C34H36BrN3O2. The van der Waals surface area contributed by atoms with Gasteiger partial charge in [-0.05, 0) is 41.3 Å². The molecule has 3 aliphatic rings. The number of carbonyl (C=O) groups is 1. The molecule has 3 saturated heterocycles. The highest BCUT2D eigenvalue weighted by Gasteiger charge is 2.55. The van der Waals surface area contributed by atoms with E-state index < -0.39 is 0 Å². The molecule has 3 aliphatic heterocycles. The summed E-state index contributed by atoms with van der Waals surface area (Å²) in [6.07, 6.45) is 5.95. The number of ether oxygens (including phenoxy) is 1. The maximum atomic E-state index is 13.6. The molecule has 0 radical (unpaired) electrons. The van der Waals surface area contributed by atoms with Crippen molar-refractivity contribution >= 4 is 22.5 Å². The Morgan fingerprint density at radius 3 is 2.52 bits per heavy atom. The zero-order valence-corrected chi connectivity index (χ0v) is 24.2. The lowest BCUT2D eigenvalue weighted by Crippen LogP contribution is -3.00. The molecule has 5 nitrogen and oxygen atoms in total. The van der Waals surface area contributed by atoms with Crippen LogP contribution in [0.1, 0.15) is 30.1 Å². The topological polar surface area (TPSA) is 51.2 Å². The summed E-state index contributed by atoms with van der Waals surface area (Å²) < 4.78 is 7.62. The van der Waals surface area contributed by atoms with Gasteiger partial charge in [-0.25, -0.2) is 0 Å². The summed E-state index contributed by atoms with van der Waals surface area (Å²) in [6.45, 7) is 7.00. The van der Waals surface area contributed by atoms with Crippen LogP contribution in [0, 0.1) is 11.8 Å². The van der Waals surface area contributed by atoms with Crippen molar-refractivity contribution in [1.82, 2.24) is 4.98 Å². The zero-order chi connectivity index (χ0) is 26.7. The molecule has 5 atom stereocenters. The number of rotatable bonds is 9. The molecule has 4 aromatic rings. The number of pyridine rings is 1. The predicted octanol–water partition coefficient (Wildman–Crippen LogP) is 3.55. The minimum atomic E-state index is -0.170. The normalized spacial score (nSPS) is 24.1. The average molecular weight is 599 g/mol. The van der Waals surface area contributed by atoms with E-state index in [-0.39, 0.29) is 35.0 Å². The zero-order valence-electron chi connectivity index (χ0n) is 22.7. The van der Waals surface area contributed by atoms with E-state index in [1.54, 1.807) is 0 Å². The Bertz CT molecular complexity index is 1440. The number of nitrogens with zero attached hydrogens (tertiary/aromatic N) is 2. The van der Waals surface area contributed by atoms with Crippen LogP contribution in [-0.2, 0) is 16.1 Å². The molecule has 1 aromatic heterocycles. The number of hydrogen-bond donors (Lipinski definition) is 1. The molecule has 3 aromatic carbocycles. The number of amides is 1. The Labute approximate surface area is 247 Å². The van der Waals surface area contributed by atoms with Crippen LogP contribution in [0.25, 0.3) is 10.9 Å². The third-order valence-corrected chi connectivity index (χ3v) is 8.80. The van der Waals surface area contributed by atoms with Gasteiger partial charge in [-0.2, -0.15) is 0 Å². The molecule has 0 aliphatic carbocycles. The lowest BCUT2D eigenvalue weighted by atomic mass is 9.71. The molecule has 0 unspecified atom stereocenters. The molecule has 40 heavy (non-hydrogen) atoms. The summed E-state index contributed by atoms with van der Waals surface area (Å²) in [7, 11) is 0. The predicted molar refractivity (Wildman–Crippen MR) is 156 cm³/mol. The fraction of sp³-hybridized carbons (Fsp3) is 0.294. The van der Waals surface area contributed by atoms with Crippen LogP contribution in [-0.4, -0.2) is 41.1 Å². The minimum absolute atomic E-state index is 0. The highest BCUT2D eigenvalue weighted by molar-refractivity contribution is 5.91. The fourth-order valence-electron chi connectivity index (χ4n) is 6.91. The maximum Gasteiger partial charge on any atom is 0.279 e. The maximum absolute atomic E-state index is 13.6. The van der Waals surface area contributed by atoms with Gasteiger partial charge in [-0.15, -0.1) is 6.58 Å². The minimum Gasteiger partial charge on any atom is -1.00 e. The number of fused-ring (bicyclic) bond motifs is 4. The van der Waals surface area contributed by atoms with Crippen LogP contribution in [0.5, 0.6) is 0 Å². The van der Waals surface area contributed by atoms with E-state index in [2.05, 4.69) is 71.5 Å². The first kappa shape index (κ1) is 28.2. The molecule has 1 amide bonds. The van der Waals surface area contributed by atoms with E-state index in [1.807, 2.05) is 48.7 Å². The van der Waals surface area contributed by atoms with E-state index in [0.717, 1.165) is 53.6 Å². The van der Waals surface area contributed by atoms with Gasteiger partial charge in [-0.1, -0.05) is 72.8 Å². The van der Waals surface area contributed by atoms with Gasteiger partial charge in [0.1, 0.15) is 12.1 Å². The van der Waals surface area contributed by atoms with Crippen molar-refractivity contribution in [1.29, 1.82) is 0 Å². The summed E-state index contributed by atoms with van der Waals surface area (Å²) in [5.41, 5.74) is 4.11. The Kier molecular flexibility index (Phi) is 8.79. The Hall–Kier alpha value is -3.32. The fourth-order valence-corrected chi connectivity index (χ4v) is 6.91. The van der Waals surface area contributed by atoms with Crippen molar-refractivity contribution in [3.8, 4) is 0 Å². The molecule has 3 fully saturated rings. The second-order valence-corrected chi connectivity index (χ2v) is 11.1. The molecule has 206 valence electrons. The van der Waals surface area contributed by atoms with Crippen molar-refractivity contribution in [2.24, 2.45) is 11.8 Å². The number of aromatic nitrogens is 1. The molecule has 7 rings (SSSR count). The summed E-state index contributed by atoms with van der Waals surface area (Å²) in [4.78, 5) is 18.2. The number of halogens is 1. The molecule has 0 saturated carbocycles. The number of carbonyl (C=O) groups excluding carboxylic acids is 1. The van der Waals surface area contributed by atoms with Gasteiger partial charge in [0, 0.05) is 36.0 Å². The monoisotopic (exact) mass is 597 g/mol. The molecule has 0 spiro atoms. The van der Waals surface area contributed by atoms with Gasteiger partial charge in [0.25, 0.3) is 5.91 Å². The number of quaternary nitrogens is 1. The number of benzene rings is 3. The second kappa shape index (κ2) is 12.5. The summed E-state index contributed by atoms with van der Waals surface area (Å²) in [6, 6.07) is 30.7. The van der Waals surface area contributed by atoms with Crippen molar-refractivity contribution < 1.29 is 31.0 Å². The third kappa shape index (κ3) is 5.75. The Balaban J connectivity index is 0.00000323. The number of para-hydroxylation sites is 2. The quantitative estimate of drug-likeness (QED) is 0.237. The number of piperidine rings is 3. The molecule has 6 heteroatoms. The van der Waals surface area contributed by atoms with Gasteiger partial charge < -0.3 is 31.5 Å². The molecule has 1 N–H and O–H groups in total. The van der Waals surface area contributed by atoms with Gasteiger partial charge in [0.05, 0.1) is 25.2 Å². The van der Waals surface area contributed by atoms with Gasteiger partial charge in [0.2, 0.25) is 0 Å². The molecular weight excluding hydrogens is 562 g/mol. The summed E-state index contributed by atoms with van der Waals surface area (Å²) in [5, 5.41) is 4.27. The van der Waals surface area contributed by atoms with Crippen molar-refractivity contribution in [3.63, 3.8) is 0 Å². The summed E-state index contributed by atoms with van der Waals surface area (Å²) >= 11 is 0. The first-order valence-electron chi connectivity index (χ1n) is 14.0. The Morgan fingerprint density at radius 2 is 1.75 bits per heavy atom. The van der Waals surface area contributed by atoms with Crippen LogP contribution < -0.4 is 22.3 Å². The van der Waals surface area contributed by atoms with Crippen LogP contribution in [0.2, 0.25) is 0 Å². The van der Waals surface area contributed by atoms with Crippen molar-refractivity contribution in [2.45, 2.75) is 31.6 Å². The van der Waals surface area contributed by atoms with Gasteiger partial charge in [0.15, 0.2) is 6.54 Å². The van der Waals surface area contributed by atoms with Gasteiger partial charge >= 0.3 is 0 Å². The highest BCUT2D eigenvalue weighted by atomic mass is 79.9. The third-order valence-electron chi connectivity index (χ3n) is 8.80. The van der Waals surface area contributed by atoms with E-state index in [0.29, 0.717) is 29.5 Å². The second-order valence-electron chi connectivity index (χ2n) is 11.1. The first-order chi connectivity index (χ1) is 19.1. The average Bonchev–Trinajstić information content (AvgIpc) is 2.98. The smallest absolute Gasteiger partial charge is 0.279 e. The molecule has 2 bridgehead atoms. The van der Waals surface area contributed by atoms with Crippen LogP contribution in [0.3, 0.4) is 0 Å². The first-order valence-corrected chi connectivity index (χ1v) is 14.0. The van der Waals surface area contributed by atoms with Crippen molar-refractivity contribution in [2.75, 3.05) is 25.0 Å². The Morgan fingerprint density at radius 1 is 1.02 bits per heavy atom. The number of nitrogens with one attached hydrogen (secondary N) is 1. The van der Waals surface area contributed by atoms with Crippen LogP contribution >= 0.6 is 0 Å². The van der Waals surface area contributed by atoms with E-state index in [9.17, 15) is 4.79 Å².